The fraction of sp³-hybridized carbons (Fsp3) is 0.467. The molecule has 1 aliphatic rings. The van der Waals surface area contributed by atoms with E-state index in [9.17, 15) is 0 Å². The highest BCUT2D eigenvalue weighted by Gasteiger charge is 2.20. The zero-order valence-electron chi connectivity index (χ0n) is 10.3. The Labute approximate surface area is 104 Å². The summed E-state index contributed by atoms with van der Waals surface area (Å²) in [5.41, 5.74) is 2.66. The molecule has 0 atom stereocenters. The Kier molecular flexibility index (Phi) is 4.77. The fourth-order valence-corrected chi connectivity index (χ4v) is 1.76. The van der Waals surface area contributed by atoms with Crippen LogP contribution in [0.5, 0.6) is 0 Å². The lowest BCUT2D eigenvalue weighted by atomic mass is 10.1. The van der Waals surface area contributed by atoms with Crippen molar-refractivity contribution >= 4 is 0 Å². The number of hydrogen-bond donors (Lipinski definition) is 1. The van der Waals surface area contributed by atoms with Gasteiger partial charge in [0.15, 0.2) is 0 Å². The van der Waals surface area contributed by atoms with Crippen molar-refractivity contribution in [3.63, 3.8) is 0 Å². The standard InChI is InChI=1S/C15H21NO/c1-2-3-10-17-12-14-7-5-4-6-13(14)11-16-15-8-9-15/h2,4-7,15-16H,1,3,8-12H2. The van der Waals surface area contributed by atoms with Crippen LogP contribution in [0.25, 0.3) is 0 Å². The zero-order valence-corrected chi connectivity index (χ0v) is 10.3. The molecule has 1 aromatic carbocycles. The van der Waals surface area contributed by atoms with Gasteiger partial charge in [-0.25, -0.2) is 0 Å². The van der Waals surface area contributed by atoms with E-state index in [-0.39, 0.29) is 0 Å². The highest BCUT2D eigenvalue weighted by atomic mass is 16.5. The number of hydrogen-bond acceptors (Lipinski definition) is 2. The Morgan fingerprint density at radius 2 is 2.06 bits per heavy atom. The summed E-state index contributed by atoms with van der Waals surface area (Å²) in [6.45, 7) is 6.12. The van der Waals surface area contributed by atoms with E-state index in [0.29, 0.717) is 6.61 Å². The molecule has 0 spiro atoms. The highest BCUT2D eigenvalue weighted by Crippen LogP contribution is 2.20. The lowest BCUT2D eigenvalue weighted by molar-refractivity contribution is 0.124. The van der Waals surface area contributed by atoms with E-state index in [1.807, 2.05) is 6.08 Å². The van der Waals surface area contributed by atoms with Crippen LogP contribution in [0.2, 0.25) is 0 Å². The summed E-state index contributed by atoms with van der Waals surface area (Å²) in [6, 6.07) is 9.26. The molecule has 2 heteroatoms. The van der Waals surface area contributed by atoms with Crippen LogP contribution in [-0.4, -0.2) is 12.6 Å². The predicted octanol–water partition coefficient (Wildman–Crippen LogP) is 3.03. The van der Waals surface area contributed by atoms with Gasteiger partial charge in [0.2, 0.25) is 0 Å². The molecule has 0 amide bonds. The van der Waals surface area contributed by atoms with Gasteiger partial charge in [-0.3, -0.25) is 0 Å². The largest absolute Gasteiger partial charge is 0.376 e. The maximum atomic E-state index is 5.62. The van der Waals surface area contributed by atoms with Crippen LogP contribution in [0.3, 0.4) is 0 Å². The van der Waals surface area contributed by atoms with E-state index in [2.05, 4.69) is 36.2 Å². The van der Waals surface area contributed by atoms with E-state index in [1.54, 1.807) is 0 Å². The van der Waals surface area contributed by atoms with Gasteiger partial charge in [0.1, 0.15) is 0 Å². The third kappa shape index (κ3) is 4.33. The Morgan fingerprint density at radius 1 is 1.29 bits per heavy atom. The molecule has 1 N–H and O–H groups in total. The van der Waals surface area contributed by atoms with Gasteiger partial charge in [-0.05, 0) is 30.4 Å². The Morgan fingerprint density at radius 3 is 2.76 bits per heavy atom. The van der Waals surface area contributed by atoms with E-state index < -0.39 is 0 Å². The van der Waals surface area contributed by atoms with Gasteiger partial charge < -0.3 is 10.1 Å². The average Bonchev–Trinajstić information content (AvgIpc) is 3.17. The third-order valence-electron chi connectivity index (χ3n) is 3.00. The van der Waals surface area contributed by atoms with E-state index in [0.717, 1.165) is 25.6 Å². The van der Waals surface area contributed by atoms with Crippen molar-refractivity contribution in [2.24, 2.45) is 0 Å². The van der Waals surface area contributed by atoms with Gasteiger partial charge in [-0.1, -0.05) is 30.3 Å². The summed E-state index contributed by atoms with van der Waals surface area (Å²) < 4.78 is 5.62. The molecule has 2 nitrogen and oxygen atoms in total. The first kappa shape index (κ1) is 12.3. The van der Waals surface area contributed by atoms with Crippen molar-refractivity contribution in [2.45, 2.75) is 38.5 Å². The summed E-state index contributed by atoms with van der Waals surface area (Å²) in [4.78, 5) is 0. The Hall–Kier alpha value is -1.12. The molecule has 0 unspecified atom stereocenters. The second-order valence-electron chi connectivity index (χ2n) is 4.55. The second kappa shape index (κ2) is 6.58. The van der Waals surface area contributed by atoms with Crippen LogP contribution in [0, 0.1) is 0 Å². The van der Waals surface area contributed by atoms with Crippen molar-refractivity contribution in [2.75, 3.05) is 6.61 Å². The first-order chi connectivity index (χ1) is 8.40. The fourth-order valence-electron chi connectivity index (χ4n) is 1.76. The molecule has 0 radical (unpaired) electrons. The van der Waals surface area contributed by atoms with Gasteiger partial charge in [0.05, 0.1) is 13.2 Å². The van der Waals surface area contributed by atoms with Crippen LogP contribution >= 0.6 is 0 Å². The molecule has 1 saturated carbocycles. The van der Waals surface area contributed by atoms with Crippen LogP contribution in [0.1, 0.15) is 30.4 Å². The van der Waals surface area contributed by atoms with Crippen molar-refractivity contribution in [1.82, 2.24) is 5.32 Å². The van der Waals surface area contributed by atoms with Crippen LogP contribution < -0.4 is 5.32 Å². The molecule has 0 aliphatic heterocycles. The van der Waals surface area contributed by atoms with Crippen molar-refractivity contribution in [1.29, 1.82) is 0 Å². The molecule has 92 valence electrons. The molecule has 0 saturated heterocycles. The second-order valence-corrected chi connectivity index (χ2v) is 4.55. The normalized spacial score (nSPS) is 14.8. The number of nitrogens with one attached hydrogen (secondary N) is 1. The number of rotatable bonds is 8. The zero-order chi connectivity index (χ0) is 11.9. The quantitative estimate of drug-likeness (QED) is 0.548. The SMILES string of the molecule is C=CCCOCc1ccccc1CNC1CC1. The first-order valence-electron chi connectivity index (χ1n) is 6.39. The highest BCUT2D eigenvalue weighted by molar-refractivity contribution is 5.26. The van der Waals surface area contributed by atoms with Gasteiger partial charge in [0.25, 0.3) is 0 Å². The van der Waals surface area contributed by atoms with Crippen LogP contribution in [-0.2, 0) is 17.9 Å². The first-order valence-corrected chi connectivity index (χ1v) is 6.39. The van der Waals surface area contributed by atoms with Crippen LogP contribution in [0.4, 0.5) is 0 Å². The van der Waals surface area contributed by atoms with Crippen LogP contribution in [0.15, 0.2) is 36.9 Å². The molecular weight excluding hydrogens is 210 g/mol. The molecule has 1 fully saturated rings. The molecule has 0 aromatic heterocycles. The van der Waals surface area contributed by atoms with Gasteiger partial charge in [-0.15, -0.1) is 6.58 Å². The smallest absolute Gasteiger partial charge is 0.0720 e. The lowest BCUT2D eigenvalue weighted by Crippen LogP contribution is -2.16. The molecule has 0 heterocycles. The molecule has 2 rings (SSSR count). The van der Waals surface area contributed by atoms with E-state index in [4.69, 9.17) is 4.74 Å². The maximum Gasteiger partial charge on any atom is 0.0720 e. The van der Waals surface area contributed by atoms with Gasteiger partial charge >= 0.3 is 0 Å². The van der Waals surface area contributed by atoms with E-state index in [1.165, 1.54) is 24.0 Å². The van der Waals surface area contributed by atoms with Crippen molar-refractivity contribution < 1.29 is 4.74 Å². The summed E-state index contributed by atoms with van der Waals surface area (Å²) in [7, 11) is 0. The average molecular weight is 231 g/mol. The number of benzene rings is 1. The van der Waals surface area contributed by atoms with Gasteiger partial charge in [0, 0.05) is 12.6 Å². The molecule has 1 aliphatic carbocycles. The molecule has 1 aromatic rings. The summed E-state index contributed by atoms with van der Waals surface area (Å²) >= 11 is 0. The molecular formula is C15H21NO. The van der Waals surface area contributed by atoms with Crippen molar-refractivity contribution in [3.8, 4) is 0 Å². The summed E-state index contributed by atoms with van der Waals surface area (Å²) in [6.07, 6.45) is 5.47. The summed E-state index contributed by atoms with van der Waals surface area (Å²) in [5, 5.41) is 3.54. The minimum Gasteiger partial charge on any atom is -0.376 e. The predicted molar refractivity (Wildman–Crippen MR) is 70.8 cm³/mol. The lowest BCUT2D eigenvalue weighted by Gasteiger charge is -2.10. The molecule has 17 heavy (non-hydrogen) atoms. The maximum absolute atomic E-state index is 5.62. The third-order valence-corrected chi connectivity index (χ3v) is 3.00. The van der Waals surface area contributed by atoms with Gasteiger partial charge in [-0.2, -0.15) is 0 Å². The van der Waals surface area contributed by atoms with Crippen molar-refractivity contribution in [3.05, 3.63) is 48.0 Å². The topological polar surface area (TPSA) is 21.3 Å². The monoisotopic (exact) mass is 231 g/mol. The minimum absolute atomic E-state index is 0.705. The molecule has 0 bridgehead atoms. The Bertz CT molecular complexity index is 358. The summed E-state index contributed by atoms with van der Waals surface area (Å²) in [5.74, 6) is 0. The Balaban J connectivity index is 1.82. The van der Waals surface area contributed by atoms with E-state index >= 15 is 0 Å². The minimum atomic E-state index is 0.705. The number of ether oxygens (including phenoxy) is 1.